The van der Waals surface area contributed by atoms with Crippen molar-refractivity contribution >= 4 is 33.2 Å². The van der Waals surface area contributed by atoms with E-state index in [0.29, 0.717) is 6.54 Å². The molecular formula is C11H16BrN3OS. The molecule has 1 amide bonds. The van der Waals surface area contributed by atoms with Gasteiger partial charge in [-0.15, -0.1) is 11.3 Å². The maximum atomic E-state index is 11.7. The summed E-state index contributed by atoms with van der Waals surface area (Å²) in [7, 11) is 0. The Kier molecular flexibility index (Phi) is 4.97. The van der Waals surface area contributed by atoms with E-state index in [9.17, 15) is 4.79 Å². The normalized spacial score (nSPS) is 17.0. The molecule has 1 fully saturated rings. The molecule has 0 unspecified atom stereocenters. The Hall–Kier alpha value is -0.430. The Morgan fingerprint density at radius 2 is 2.29 bits per heavy atom. The van der Waals surface area contributed by atoms with Crippen LogP contribution in [0.3, 0.4) is 0 Å². The SMILES string of the molecule is O=C(NCCN1CCNCC1)c1csc(Br)c1. The Labute approximate surface area is 114 Å². The molecule has 0 radical (unpaired) electrons. The van der Waals surface area contributed by atoms with E-state index in [-0.39, 0.29) is 5.91 Å². The number of carbonyl (C=O) groups excluding carboxylic acids is 1. The molecule has 1 aromatic rings. The highest BCUT2D eigenvalue weighted by Crippen LogP contribution is 2.20. The Morgan fingerprint density at radius 1 is 1.53 bits per heavy atom. The van der Waals surface area contributed by atoms with Gasteiger partial charge in [0, 0.05) is 44.6 Å². The standard InChI is InChI=1S/C11H16BrN3OS/c12-10-7-9(8-17-10)11(16)14-3-6-15-4-1-13-2-5-15/h7-8,13H,1-6H2,(H,14,16). The third kappa shape index (κ3) is 4.06. The molecule has 1 aromatic heterocycles. The third-order valence-corrected chi connectivity index (χ3v) is 4.26. The van der Waals surface area contributed by atoms with Crippen LogP contribution in [0.25, 0.3) is 0 Å². The number of hydrogen-bond donors (Lipinski definition) is 2. The average molecular weight is 318 g/mol. The molecular weight excluding hydrogens is 302 g/mol. The van der Waals surface area contributed by atoms with Gasteiger partial charge in [-0.3, -0.25) is 9.69 Å². The van der Waals surface area contributed by atoms with E-state index in [1.807, 2.05) is 11.4 Å². The van der Waals surface area contributed by atoms with Crippen molar-refractivity contribution in [3.05, 3.63) is 20.8 Å². The van der Waals surface area contributed by atoms with Crippen molar-refractivity contribution in [1.82, 2.24) is 15.5 Å². The molecule has 6 heteroatoms. The van der Waals surface area contributed by atoms with Gasteiger partial charge in [0.1, 0.15) is 0 Å². The first kappa shape index (κ1) is 13.0. The number of amides is 1. The molecule has 0 saturated carbocycles. The van der Waals surface area contributed by atoms with Gasteiger partial charge in [-0.2, -0.15) is 0 Å². The van der Waals surface area contributed by atoms with Crippen molar-refractivity contribution in [3.8, 4) is 0 Å². The Balaban J connectivity index is 1.69. The second-order valence-corrected chi connectivity index (χ2v) is 6.28. The molecule has 1 aliphatic heterocycles. The number of halogens is 1. The van der Waals surface area contributed by atoms with Crippen molar-refractivity contribution in [2.24, 2.45) is 0 Å². The maximum Gasteiger partial charge on any atom is 0.252 e. The van der Waals surface area contributed by atoms with Crippen LogP contribution in [0.5, 0.6) is 0 Å². The number of rotatable bonds is 4. The van der Waals surface area contributed by atoms with Crippen LogP contribution in [0.4, 0.5) is 0 Å². The molecule has 0 bridgehead atoms. The van der Waals surface area contributed by atoms with Gasteiger partial charge < -0.3 is 10.6 Å². The molecule has 0 aliphatic carbocycles. The molecule has 0 atom stereocenters. The van der Waals surface area contributed by atoms with Crippen molar-refractivity contribution in [2.75, 3.05) is 39.3 Å². The van der Waals surface area contributed by atoms with Gasteiger partial charge in [-0.05, 0) is 22.0 Å². The topological polar surface area (TPSA) is 44.4 Å². The van der Waals surface area contributed by atoms with Crippen LogP contribution in [0.15, 0.2) is 15.2 Å². The summed E-state index contributed by atoms with van der Waals surface area (Å²) in [5, 5.41) is 8.12. The van der Waals surface area contributed by atoms with E-state index in [2.05, 4.69) is 31.5 Å². The van der Waals surface area contributed by atoms with Crippen molar-refractivity contribution in [1.29, 1.82) is 0 Å². The largest absolute Gasteiger partial charge is 0.351 e. The number of thiophene rings is 1. The van der Waals surface area contributed by atoms with Crippen LogP contribution in [0, 0.1) is 0 Å². The molecule has 2 N–H and O–H groups in total. The summed E-state index contributed by atoms with van der Waals surface area (Å²) in [5.41, 5.74) is 0.738. The maximum absolute atomic E-state index is 11.7. The van der Waals surface area contributed by atoms with E-state index in [4.69, 9.17) is 0 Å². The monoisotopic (exact) mass is 317 g/mol. The Morgan fingerprint density at radius 3 is 2.94 bits per heavy atom. The van der Waals surface area contributed by atoms with Gasteiger partial charge in [0.2, 0.25) is 0 Å². The van der Waals surface area contributed by atoms with Crippen LogP contribution in [0.2, 0.25) is 0 Å². The van der Waals surface area contributed by atoms with Gasteiger partial charge in [0.15, 0.2) is 0 Å². The number of carbonyl (C=O) groups is 1. The van der Waals surface area contributed by atoms with E-state index in [1.165, 1.54) is 11.3 Å². The summed E-state index contributed by atoms with van der Waals surface area (Å²) in [6.07, 6.45) is 0. The third-order valence-electron chi connectivity index (χ3n) is 2.75. The fraction of sp³-hybridized carbons (Fsp3) is 0.545. The summed E-state index contributed by atoms with van der Waals surface area (Å²) < 4.78 is 0.991. The minimum absolute atomic E-state index is 0.0158. The smallest absolute Gasteiger partial charge is 0.252 e. The molecule has 0 spiro atoms. The first-order chi connectivity index (χ1) is 8.25. The first-order valence-corrected chi connectivity index (χ1v) is 7.38. The fourth-order valence-corrected chi connectivity index (χ4v) is 2.93. The number of nitrogens with zero attached hydrogens (tertiary/aromatic N) is 1. The highest BCUT2D eigenvalue weighted by atomic mass is 79.9. The summed E-state index contributed by atoms with van der Waals surface area (Å²) in [4.78, 5) is 14.1. The van der Waals surface area contributed by atoms with E-state index < -0.39 is 0 Å². The number of piperazine rings is 1. The van der Waals surface area contributed by atoms with Crippen molar-refractivity contribution in [2.45, 2.75) is 0 Å². The molecule has 0 aromatic carbocycles. The molecule has 17 heavy (non-hydrogen) atoms. The lowest BCUT2D eigenvalue weighted by atomic mass is 10.3. The molecule has 1 aliphatic rings. The fourth-order valence-electron chi connectivity index (χ4n) is 1.79. The van der Waals surface area contributed by atoms with E-state index in [1.54, 1.807) is 0 Å². The lowest BCUT2D eigenvalue weighted by Crippen LogP contribution is -2.46. The number of nitrogens with one attached hydrogen (secondary N) is 2. The molecule has 94 valence electrons. The van der Waals surface area contributed by atoms with Crippen LogP contribution in [-0.2, 0) is 0 Å². The van der Waals surface area contributed by atoms with E-state index in [0.717, 1.165) is 42.1 Å². The lowest BCUT2D eigenvalue weighted by molar-refractivity contribution is 0.0947. The summed E-state index contributed by atoms with van der Waals surface area (Å²) in [5.74, 6) is 0.0158. The van der Waals surface area contributed by atoms with Crippen molar-refractivity contribution in [3.63, 3.8) is 0 Å². The van der Waals surface area contributed by atoms with Gasteiger partial charge >= 0.3 is 0 Å². The highest BCUT2D eigenvalue weighted by Gasteiger charge is 2.10. The lowest BCUT2D eigenvalue weighted by Gasteiger charge is -2.27. The van der Waals surface area contributed by atoms with Gasteiger partial charge in [-0.25, -0.2) is 0 Å². The van der Waals surface area contributed by atoms with E-state index >= 15 is 0 Å². The Bertz CT molecular complexity index is 377. The van der Waals surface area contributed by atoms with Crippen LogP contribution >= 0.6 is 27.3 Å². The second kappa shape index (κ2) is 6.49. The predicted octanol–water partition coefficient (Wildman–Crippen LogP) is 1.15. The first-order valence-electron chi connectivity index (χ1n) is 5.71. The van der Waals surface area contributed by atoms with Gasteiger partial charge in [0.05, 0.1) is 9.35 Å². The second-order valence-electron chi connectivity index (χ2n) is 3.99. The summed E-state index contributed by atoms with van der Waals surface area (Å²) in [6, 6.07) is 1.85. The summed E-state index contributed by atoms with van der Waals surface area (Å²) in [6.45, 7) is 5.88. The summed E-state index contributed by atoms with van der Waals surface area (Å²) >= 11 is 4.89. The van der Waals surface area contributed by atoms with Crippen LogP contribution < -0.4 is 10.6 Å². The van der Waals surface area contributed by atoms with Gasteiger partial charge in [0.25, 0.3) is 5.91 Å². The minimum atomic E-state index is 0.0158. The zero-order chi connectivity index (χ0) is 12.1. The average Bonchev–Trinajstić information content (AvgIpc) is 2.77. The molecule has 4 nitrogen and oxygen atoms in total. The highest BCUT2D eigenvalue weighted by molar-refractivity contribution is 9.11. The quantitative estimate of drug-likeness (QED) is 0.875. The zero-order valence-corrected chi connectivity index (χ0v) is 11.9. The molecule has 2 heterocycles. The molecule has 2 rings (SSSR count). The minimum Gasteiger partial charge on any atom is -0.351 e. The van der Waals surface area contributed by atoms with Crippen molar-refractivity contribution < 1.29 is 4.79 Å². The number of hydrogen-bond acceptors (Lipinski definition) is 4. The van der Waals surface area contributed by atoms with Crippen LogP contribution in [0.1, 0.15) is 10.4 Å². The predicted molar refractivity (Wildman–Crippen MR) is 73.7 cm³/mol. The van der Waals surface area contributed by atoms with Crippen LogP contribution in [-0.4, -0.2) is 50.1 Å². The zero-order valence-electron chi connectivity index (χ0n) is 9.54. The molecule has 1 saturated heterocycles. The van der Waals surface area contributed by atoms with Gasteiger partial charge in [-0.1, -0.05) is 0 Å².